The van der Waals surface area contributed by atoms with Crippen molar-refractivity contribution in [2.75, 3.05) is 49.1 Å². The standard InChI is InChI=1S/C21H26FN3O/c1-2-25(20-7-4-3-5-8-20)21(26)17-23-13-6-14-24(16-15-23)19-11-9-18(22)10-12-19/h3-5,7-12H,2,6,13-17H2,1H3. The first-order chi connectivity index (χ1) is 12.7. The molecular formula is C21H26FN3O. The van der Waals surface area contributed by atoms with Gasteiger partial charge in [-0.1, -0.05) is 18.2 Å². The Hall–Kier alpha value is -2.40. The largest absolute Gasteiger partial charge is 0.370 e. The Bertz CT molecular complexity index is 705. The molecule has 0 unspecified atom stereocenters. The van der Waals surface area contributed by atoms with Crippen molar-refractivity contribution >= 4 is 17.3 Å². The van der Waals surface area contributed by atoms with E-state index in [0.717, 1.165) is 44.0 Å². The SMILES string of the molecule is CCN(C(=O)CN1CCCN(c2ccc(F)cc2)CC1)c1ccccc1. The summed E-state index contributed by atoms with van der Waals surface area (Å²) in [5.74, 6) is -0.0784. The molecule has 1 heterocycles. The second kappa shape index (κ2) is 8.81. The van der Waals surface area contributed by atoms with Crippen LogP contribution in [-0.2, 0) is 4.79 Å². The smallest absolute Gasteiger partial charge is 0.241 e. The number of rotatable bonds is 5. The van der Waals surface area contributed by atoms with Crippen LogP contribution in [0.2, 0.25) is 0 Å². The molecule has 1 fully saturated rings. The van der Waals surface area contributed by atoms with Gasteiger partial charge in [0.05, 0.1) is 6.54 Å². The second-order valence-electron chi connectivity index (χ2n) is 6.57. The lowest BCUT2D eigenvalue weighted by atomic mass is 10.2. The number of anilines is 2. The topological polar surface area (TPSA) is 26.8 Å². The van der Waals surface area contributed by atoms with Crippen molar-refractivity contribution in [3.63, 3.8) is 0 Å². The van der Waals surface area contributed by atoms with Gasteiger partial charge in [0.25, 0.3) is 0 Å². The van der Waals surface area contributed by atoms with Crippen LogP contribution in [0.15, 0.2) is 54.6 Å². The van der Waals surface area contributed by atoms with Gasteiger partial charge in [-0.05, 0) is 49.7 Å². The van der Waals surface area contributed by atoms with E-state index in [2.05, 4.69) is 9.80 Å². The Morgan fingerprint density at radius 1 is 1.00 bits per heavy atom. The minimum absolute atomic E-state index is 0.133. The van der Waals surface area contributed by atoms with Gasteiger partial charge in [-0.3, -0.25) is 9.69 Å². The molecule has 1 aliphatic rings. The molecule has 0 radical (unpaired) electrons. The first-order valence-electron chi connectivity index (χ1n) is 9.25. The molecule has 5 heteroatoms. The summed E-state index contributed by atoms with van der Waals surface area (Å²) in [6.07, 6.45) is 0.988. The lowest BCUT2D eigenvalue weighted by Crippen LogP contribution is -2.41. The van der Waals surface area contributed by atoms with Gasteiger partial charge in [0.2, 0.25) is 5.91 Å². The van der Waals surface area contributed by atoms with E-state index >= 15 is 0 Å². The molecule has 0 N–H and O–H groups in total. The maximum Gasteiger partial charge on any atom is 0.241 e. The Balaban J connectivity index is 1.58. The average molecular weight is 355 g/mol. The molecule has 1 saturated heterocycles. The van der Waals surface area contributed by atoms with Crippen LogP contribution in [-0.4, -0.2) is 50.1 Å². The highest BCUT2D eigenvalue weighted by Gasteiger charge is 2.20. The summed E-state index contributed by atoms with van der Waals surface area (Å²) >= 11 is 0. The molecule has 0 aromatic heterocycles. The summed E-state index contributed by atoms with van der Waals surface area (Å²) in [6.45, 7) is 6.59. The van der Waals surface area contributed by atoms with Crippen LogP contribution in [0.1, 0.15) is 13.3 Å². The van der Waals surface area contributed by atoms with Crippen molar-refractivity contribution in [3.05, 3.63) is 60.4 Å². The van der Waals surface area contributed by atoms with Crippen molar-refractivity contribution in [2.24, 2.45) is 0 Å². The molecule has 3 rings (SSSR count). The average Bonchev–Trinajstić information content (AvgIpc) is 2.89. The fraction of sp³-hybridized carbons (Fsp3) is 0.381. The third-order valence-electron chi connectivity index (χ3n) is 4.82. The summed E-state index contributed by atoms with van der Waals surface area (Å²) in [5.41, 5.74) is 1.99. The van der Waals surface area contributed by atoms with E-state index in [-0.39, 0.29) is 11.7 Å². The van der Waals surface area contributed by atoms with Gasteiger partial charge in [-0.25, -0.2) is 4.39 Å². The van der Waals surface area contributed by atoms with Gasteiger partial charge >= 0.3 is 0 Å². The molecule has 0 spiro atoms. The van der Waals surface area contributed by atoms with Gasteiger partial charge in [-0.2, -0.15) is 0 Å². The van der Waals surface area contributed by atoms with Crippen molar-refractivity contribution in [1.29, 1.82) is 0 Å². The highest BCUT2D eigenvalue weighted by molar-refractivity contribution is 5.94. The number of carbonyl (C=O) groups excluding carboxylic acids is 1. The summed E-state index contributed by atoms with van der Waals surface area (Å²) in [5, 5.41) is 0. The minimum atomic E-state index is -0.212. The molecule has 0 atom stereocenters. The maximum atomic E-state index is 13.1. The number of likely N-dealkylation sites (N-methyl/N-ethyl adjacent to an activating group) is 1. The number of nitrogens with zero attached hydrogens (tertiary/aromatic N) is 3. The zero-order valence-corrected chi connectivity index (χ0v) is 15.3. The van der Waals surface area contributed by atoms with E-state index in [1.807, 2.05) is 54.3 Å². The second-order valence-corrected chi connectivity index (χ2v) is 6.57. The molecule has 4 nitrogen and oxygen atoms in total. The van der Waals surface area contributed by atoms with Crippen molar-refractivity contribution in [3.8, 4) is 0 Å². The zero-order chi connectivity index (χ0) is 18.4. The zero-order valence-electron chi connectivity index (χ0n) is 15.3. The maximum absolute atomic E-state index is 13.1. The molecule has 0 aliphatic carbocycles. The van der Waals surface area contributed by atoms with Crippen LogP contribution in [0.3, 0.4) is 0 Å². The van der Waals surface area contributed by atoms with Crippen LogP contribution in [0, 0.1) is 5.82 Å². The van der Waals surface area contributed by atoms with Crippen LogP contribution in [0.25, 0.3) is 0 Å². The molecule has 0 bridgehead atoms. The van der Waals surface area contributed by atoms with Crippen LogP contribution in [0.5, 0.6) is 0 Å². The van der Waals surface area contributed by atoms with Gasteiger partial charge in [0, 0.05) is 44.1 Å². The lowest BCUT2D eigenvalue weighted by molar-refractivity contribution is -0.119. The predicted molar refractivity (Wildman–Crippen MR) is 104 cm³/mol. The molecule has 138 valence electrons. The normalized spacial score (nSPS) is 15.5. The first-order valence-corrected chi connectivity index (χ1v) is 9.25. The summed E-state index contributed by atoms with van der Waals surface area (Å²) < 4.78 is 13.1. The van der Waals surface area contributed by atoms with Gasteiger partial charge in [-0.15, -0.1) is 0 Å². The van der Waals surface area contributed by atoms with Gasteiger partial charge < -0.3 is 9.80 Å². The van der Waals surface area contributed by atoms with E-state index in [1.165, 1.54) is 12.1 Å². The number of hydrogen-bond donors (Lipinski definition) is 0. The van der Waals surface area contributed by atoms with E-state index in [0.29, 0.717) is 13.1 Å². The Kier molecular flexibility index (Phi) is 6.23. The molecule has 1 aliphatic heterocycles. The fourth-order valence-electron chi connectivity index (χ4n) is 3.43. The van der Waals surface area contributed by atoms with Crippen LogP contribution in [0.4, 0.5) is 15.8 Å². The molecule has 2 aromatic rings. The highest BCUT2D eigenvalue weighted by atomic mass is 19.1. The first kappa shape index (κ1) is 18.4. The molecule has 0 saturated carbocycles. The van der Waals surface area contributed by atoms with E-state index in [9.17, 15) is 9.18 Å². The van der Waals surface area contributed by atoms with Crippen LogP contribution < -0.4 is 9.80 Å². The summed E-state index contributed by atoms with van der Waals surface area (Å²) in [7, 11) is 0. The number of para-hydroxylation sites is 1. The number of halogens is 1. The van der Waals surface area contributed by atoms with Crippen molar-refractivity contribution in [1.82, 2.24) is 4.90 Å². The third-order valence-corrected chi connectivity index (χ3v) is 4.82. The monoisotopic (exact) mass is 355 g/mol. The summed E-state index contributed by atoms with van der Waals surface area (Å²) in [4.78, 5) is 19.1. The molecule has 1 amide bonds. The molecular weight excluding hydrogens is 329 g/mol. The van der Waals surface area contributed by atoms with Crippen LogP contribution >= 0.6 is 0 Å². The highest BCUT2D eigenvalue weighted by Crippen LogP contribution is 2.18. The number of benzene rings is 2. The third kappa shape index (κ3) is 4.61. The summed E-state index contributed by atoms with van der Waals surface area (Å²) in [6, 6.07) is 16.5. The fourth-order valence-corrected chi connectivity index (χ4v) is 3.43. The van der Waals surface area contributed by atoms with E-state index in [1.54, 1.807) is 0 Å². The Morgan fingerprint density at radius 2 is 1.73 bits per heavy atom. The number of hydrogen-bond acceptors (Lipinski definition) is 3. The number of amides is 1. The minimum Gasteiger partial charge on any atom is -0.370 e. The number of carbonyl (C=O) groups is 1. The molecule has 2 aromatic carbocycles. The quantitative estimate of drug-likeness (QED) is 0.823. The van der Waals surface area contributed by atoms with Crippen molar-refractivity contribution in [2.45, 2.75) is 13.3 Å². The van der Waals surface area contributed by atoms with Gasteiger partial charge in [0.1, 0.15) is 5.82 Å². The van der Waals surface area contributed by atoms with Gasteiger partial charge in [0.15, 0.2) is 0 Å². The Labute approximate surface area is 154 Å². The Morgan fingerprint density at radius 3 is 2.42 bits per heavy atom. The van der Waals surface area contributed by atoms with Crippen molar-refractivity contribution < 1.29 is 9.18 Å². The van der Waals surface area contributed by atoms with E-state index < -0.39 is 0 Å². The predicted octanol–water partition coefficient (Wildman–Crippen LogP) is 3.39. The van der Waals surface area contributed by atoms with E-state index in [4.69, 9.17) is 0 Å². The molecule has 26 heavy (non-hydrogen) atoms. The lowest BCUT2D eigenvalue weighted by Gasteiger charge is -2.26.